The number of methoxy groups -OCH3 is 1. The van der Waals surface area contributed by atoms with Crippen molar-refractivity contribution in [1.82, 2.24) is 20.0 Å². The Morgan fingerprint density at radius 3 is 2.80 bits per heavy atom. The summed E-state index contributed by atoms with van der Waals surface area (Å²) in [5, 5.41) is 10.2. The van der Waals surface area contributed by atoms with Gasteiger partial charge in [0.05, 0.1) is 30.6 Å². The largest absolute Gasteiger partial charge is 0.383 e. The Balaban J connectivity index is 1.65. The Morgan fingerprint density at radius 1 is 1.36 bits per heavy atom. The van der Waals surface area contributed by atoms with Gasteiger partial charge in [-0.15, -0.1) is 0 Å². The van der Waals surface area contributed by atoms with Crippen molar-refractivity contribution in [1.29, 1.82) is 0 Å². The van der Waals surface area contributed by atoms with Crippen LogP contribution in [0, 0.1) is 0 Å². The third-order valence-corrected chi connectivity index (χ3v) is 4.99. The van der Waals surface area contributed by atoms with E-state index in [1.165, 1.54) is 19.8 Å². The highest BCUT2D eigenvalue weighted by molar-refractivity contribution is 5.88. The number of rotatable bonds is 5. The van der Waals surface area contributed by atoms with Crippen LogP contribution in [0.15, 0.2) is 12.4 Å². The lowest BCUT2D eigenvalue weighted by molar-refractivity contribution is -0.114. The molecule has 0 bridgehead atoms. The molecular formula is C17H27N5O3. The van der Waals surface area contributed by atoms with Crippen molar-refractivity contribution in [3.8, 4) is 0 Å². The molecule has 1 saturated heterocycles. The summed E-state index contributed by atoms with van der Waals surface area (Å²) in [5.41, 5.74) is 0.671. The summed E-state index contributed by atoms with van der Waals surface area (Å²) >= 11 is 0. The number of nitrogens with zero attached hydrogens (tertiary/aromatic N) is 3. The van der Waals surface area contributed by atoms with E-state index in [1.54, 1.807) is 13.3 Å². The first-order valence-corrected chi connectivity index (χ1v) is 8.94. The first-order valence-electron chi connectivity index (χ1n) is 8.94. The van der Waals surface area contributed by atoms with E-state index in [4.69, 9.17) is 4.74 Å². The lowest BCUT2D eigenvalue weighted by Crippen LogP contribution is -2.47. The zero-order valence-electron chi connectivity index (χ0n) is 14.9. The fourth-order valence-electron chi connectivity index (χ4n) is 3.82. The molecule has 1 saturated carbocycles. The molecule has 2 N–H and O–H groups in total. The van der Waals surface area contributed by atoms with Gasteiger partial charge in [0, 0.05) is 32.8 Å². The predicted octanol–water partition coefficient (Wildman–Crippen LogP) is 1.76. The maximum Gasteiger partial charge on any atom is 0.318 e. The number of likely N-dealkylation sites (tertiary alicyclic amines) is 1. The summed E-state index contributed by atoms with van der Waals surface area (Å²) in [4.78, 5) is 25.7. The first kappa shape index (κ1) is 17.7. The van der Waals surface area contributed by atoms with Crippen molar-refractivity contribution >= 4 is 17.6 Å². The Hall–Kier alpha value is -2.09. The van der Waals surface area contributed by atoms with E-state index in [2.05, 4.69) is 15.7 Å². The minimum Gasteiger partial charge on any atom is -0.383 e. The van der Waals surface area contributed by atoms with Crippen LogP contribution in [-0.4, -0.2) is 59.0 Å². The van der Waals surface area contributed by atoms with Crippen LogP contribution in [0.1, 0.15) is 45.1 Å². The molecule has 3 rings (SSSR count). The van der Waals surface area contributed by atoms with Gasteiger partial charge in [0.2, 0.25) is 5.91 Å². The summed E-state index contributed by atoms with van der Waals surface area (Å²) < 4.78 is 7.14. The van der Waals surface area contributed by atoms with E-state index in [-0.39, 0.29) is 24.0 Å². The van der Waals surface area contributed by atoms with Crippen molar-refractivity contribution in [3.63, 3.8) is 0 Å². The molecule has 0 spiro atoms. The van der Waals surface area contributed by atoms with Gasteiger partial charge in [0.25, 0.3) is 0 Å². The van der Waals surface area contributed by atoms with Crippen molar-refractivity contribution in [2.45, 2.75) is 57.2 Å². The predicted molar refractivity (Wildman–Crippen MR) is 93.3 cm³/mol. The van der Waals surface area contributed by atoms with Gasteiger partial charge in [-0.1, -0.05) is 12.8 Å². The second-order valence-electron chi connectivity index (χ2n) is 6.97. The number of anilines is 1. The normalized spacial score (nSPS) is 23.8. The zero-order valence-corrected chi connectivity index (χ0v) is 14.9. The second kappa shape index (κ2) is 7.86. The molecule has 2 fully saturated rings. The number of carbonyl (C=O) groups excluding carboxylic acids is 2. The van der Waals surface area contributed by atoms with Gasteiger partial charge >= 0.3 is 6.03 Å². The van der Waals surface area contributed by atoms with Crippen molar-refractivity contribution in [3.05, 3.63) is 12.4 Å². The van der Waals surface area contributed by atoms with E-state index >= 15 is 0 Å². The molecule has 25 heavy (non-hydrogen) atoms. The fraction of sp³-hybridized carbons (Fsp3) is 0.706. The van der Waals surface area contributed by atoms with Gasteiger partial charge in [-0.25, -0.2) is 4.79 Å². The summed E-state index contributed by atoms with van der Waals surface area (Å²) in [6, 6.07) is 0.401. The van der Waals surface area contributed by atoms with Crippen LogP contribution < -0.4 is 10.6 Å². The topological polar surface area (TPSA) is 88.5 Å². The zero-order chi connectivity index (χ0) is 17.8. The van der Waals surface area contributed by atoms with Crippen LogP contribution in [0.3, 0.4) is 0 Å². The Labute approximate surface area is 147 Å². The number of hydrogen-bond acceptors (Lipinski definition) is 4. The van der Waals surface area contributed by atoms with Crippen LogP contribution in [0.5, 0.6) is 0 Å². The average molecular weight is 349 g/mol. The Morgan fingerprint density at radius 2 is 2.12 bits per heavy atom. The summed E-state index contributed by atoms with van der Waals surface area (Å²) in [5.74, 6) is -0.124. The molecule has 2 heterocycles. The first-order chi connectivity index (χ1) is 12.1. The smallest absolute Gasteiger partial charge is 0.318 e. The number of urea groups is 1. The van der Waals surface area contributed by atoms with E-state index in [0.717, 1.165) is 19.3 Å². The van der Waals surface area contributed by atoms with Crippen molar-refractivity contribution in [2.24, 2.45) is 0 Å². The standard InChI is InChI=1S/C17H27N5O3/c1-12(23)19-14-8-18-22(9-14)15-7-16(11-25-2)21(10-15)17(24)20-13-5-3-4-6-13/h8-9,13,15-16H,3-7,10-11H2,1-2H3,(H,19,23)(H,20,24)/t15-,16-/m0/s1. The molecule has 138 valence electrons. The second-order valence-corrected chi connectivity index (χ2v) is 6.97. The van der Waals surface area contributed by atoms with Gasteiger partial charge in [-0.2, -0.15) is 5.10 Å². The van der Waals surface area contributed by atoms with Gasteiger partial charge in [0.15, 0.2) is 0 Å². The van der Waals surface area contributed by atoms with Gasteiger partial charge in [0.1, 0.15) is 0 Å². The number of amides is 3. The third kappa shape index (κ3) is 4.31. The molecule has 2 atom stereocenters. The Kier molecular flexibility index (Phi) is 5.57. The summed E-state index contributed by atoms with van der Waals surface area (Å²) in [6.07, 6.45) is 8.74. The summed E-state index contributed by atoms with van der Waals surface area (Å²) in [7, 11) is 1.66. The summed E-state index contributed by atoms with van der Waals surface area (Å²) in [6.45, 7) is 2.57. The molecule has 3 amide bonds. The minimum absolute atomic E-state index is 0.00862. The highest BCUT2D eigenvalue weighted by atomic mass is 16.5. The molecule has 1 aliphatic carbocycles. The number of nitrogens with one attached hydrogen (secondary N) is 2. The number of hydrogen-bond donors (Lipinski definition) is 2. The lowest BCUT2D eigenvalue weighted by Gasteiger charge is -2.26. The van der Waals surface area contributed by atoms with Gasteiger partial charge < -0.3 is 20.3 Å². The molecule has 8 nitrogen and oxygen atoms in total. The van der Waals surface area contributed by atoms with Crippen LogP contribution in [0.25, 0.3) is 0 Å². The van der Waals surface area contributed by atoms with Crippen molar-refractivity contribution < 1.29 is 14.3 Å². The molecule has 1 aromatic rings. The third-order valence-electron chi connectivity index (χ3n) is 4.99. The van der Waals surface area contributed by atoms with E-state index < -0.39 is 0 Å². The number of ether oxygens (including phenoxy) is 1. The van der Waals surface area contributed by atoms with E-state index in [9.17, 15) is 9.59 Å². The maximum atomic E-state index is 12.7. The molecule has 0 unspecified atom stereocenters. The van der Waals surface area contributed by atoms with Crippen LogP contribution >= 0.6 is 0 Å². The lowest BCUT2D eigenvalue weighted by atomic mass is 10.2. The molecule has 1 aliphatic heterocycles. The number of aromatic nitrogens is 2. The molecular weight excluding hydrogens is 322 g/mol. The van der Waals surface area contributed by atoms with Gasteiger partial charge in [-0.3, -0.25) is 9.48 Å². The SMILES string of the molecule is COC[C@@H]1C[C@H](n2cc(NC(C)=O)cn2)CN1C(=O)NC1CCCC1. The minimum atomic E-state index is -0.124. The van der Waals surface area contributed by atoms with E-state index in [1.807, 2.05) is 15.8 Å². The highest BCUT2D eigenvalue weighted by Gasteiger charge is 2.37. The molecule has 1 aromatic heterocycles. The number of carbonyl (C=O) groups is 2. The Bertz CT molecular complexity index is 611. The molecule has 0 radical (unpaired) electrons. The van der Waals surface area contributed by atoms with E-state index in [0.29, 0.717) is 24.9 Å². The molecule has 0 aromatic carbocycles. The molecule has 2 aliphatic rings. The maximum absolute atomic E-state index is 12.7. The average Bonchev–Trinajstić information content (AvgIpc) is 3.27. The van der Waals surface area contributed by atoms with Crippen molar-refractivity contribution in [2.75, 3.05) is 25.6 Å². The van der Waals surface area contributed by atoms with Crippen LogP contribution in [-0.2, 0) is 9.53 Å². The molecule has 8 heteroatoms. The van der Waals surface area contributed by atoms with Gasteiger partial charge in [-0.05, 0) is 19.3 Å². The van der Waals surface area contributed by atoms with Crippen LogP contribution in [0.2, 0.25) is 0 Å². The van der Waals surface area contributed by atoms with Crippen LogP contribution in [0.4, 0.5) is 10.5 Å². The monoisotopic (exact) mass is 349 g/mol. The quantitative estimate of drug-likeness (QED) is 0.848. The fourth-order valence-corrected chi connectivity index (χ4v) is 3.82. The highest BCUT2D eigenvalue weighted by Crippen LogP contribution is 2.28.